The van der Waals surface area contributed by atoms with Gasteiger partial charge in [0.1, 0.15) is 40.7 Å². The maximum atomic E-state index is 15.7. The Morgan fingerprint density at radius 1 is 0.663 bits per heavy atom. The van der Waals surface area contributed by atoms with Gasteiger partial charge in [-0.1, -0.05) is 30.3 Å². The van der Waals surface area contributed by atoms with Crippen LogP contribution >= 0.6 is 23.5 Å². The smallest absolute Gasteiger partial charge is 0.335 e. The zero-order chi connectivity index (χ0) is 64.4. The molecule has 3 aromatic carbocycles. The van der Waals surface area contributed by atoms with Gasteiger partial charge in [-0.05, 0) is 98.2 Å². The summed E-state index contributed by atoms with van der Waals surface area (Å²) in [5, 5.41) is 2.90. The molecule has 0 aromatic heterocycles. The molecule has 3 aromatic rings. The molecule has 2 N–H and O–H groups in total. The van der Waals surface area contributed by atoms with E-state index in [0.717, 1.165) is 75.3 Å². The number of thioether (sulfide) groups is 2. The molecule has 1 aliphatic carbocycles. The summed E-state index contributed by atoms with van der Waals surface area (Å²) in [6.45, 7) is 2.81. The van der Waals surface area contributed by atoms with Gasteiger partial charge in [0, 0.05) is 89.2 Å². The average molecular weight is 1340 g/mol. The van der Waals surface area contributed by atoms with Crippen LogP contribution in [-0.4, -0.2) is 243 Å². The molecule has 0 saturated carbocycles. The van der Waals surface area contributed by atoms with Crippen LogP contribution in [0.15, 0.2) is 99.5 Å². The number of hydrogen-bond acceptors (Lipinski definition) is 21. The first-order valence-electron chi connectivity index (χ1n) is 28.9. The fourth-order valence-corrected chi connectivity index (χ4v) is 20.0. The van der Waals surface area contributed by atoms with E-state index in [2.05, 4.69) is 45.9 Å². The zero-order valence-electron chi connectivity index (χ0n) is 51.3. The van der Waals surface area contributed by atoms with Crippen LogP contribution in [0.25, 0.3) is 5.57 Å². The van der Waals surface area contributed by atoms with E-state index in [1.54, 1.807) is 26.4 Å². The maximum absolute atomic E-state index is 15.7. The summed E-state index contributed by atoms with van der Waals surface area (Å²) in [5.74, 6) is 0.704. The molecule has 29 heteroatoms. The Hall–Kier alpha value is -5.19. The summed E-state index contributed by atoms with van der Waals surface area (Å²) in [5.41, 5.74) is 5.53. The van der Waals surface area contributed by atoms with Crippen LogP contribution in [0, 0.1) is 0 Å². The number of benzene rings is 3. The van der Waals surface area contributed by atoms with Crippen molar-refractivity contribution in [3.63, 3.8) is 0 Å². The number of carbonyl (C=O) groups excluding carboxylic acids is 4. The van der Waals surface area contributed by atoms with E-state index in [9.17, 15) is 40.3 Å². The predicted octanol–water partition coefficient (Wildman–Crippen LogP) is 4.90. The Bertz CT molecular complexity index is 3230. The lowest BCUT2D eigenvalue weighted by Gasteiger charge is -2.43. The summed E-state index contributed by atoms with van der Waals surface area (Å²) in [6.07, 6.45) is 6.30. The van der Waals surface area contributed by atoms with E-state index >= 15 is 4.79 Å². The normalized spacial score (nSPS) is 15.8. The Kier molecular flexibility index (Phi) is 30.1. The van der Waals surface area contributed by atoms with E-state index in [1.165, 1.54) is 15.3 Å². The van der Waals surface area contributed by atoms with Crippen LogP contribution in [0.5, 0.6) is 0 Å². The van der Waals surface area contributed by atoms with Crippen LogP contribution in [-0.2, 0) is 88.6 Å². The van der Waals surface area contributed by atoms with Gasteiger partial charge >= 0.3 is 5.97 Å². The fraction of sp³-hybridized carbons (Fsp3) is 0.517. The number of allylic oxidation sites excluding steroid dienone is 5. The number of methoxy groups -OCH3 is 2. The average Bonchev–Trinajstić information content (AvgIpc) is 0.917. The number of carbonyl (C=O) groups is 4. The van der Waals surface area contributed by atoms with Crippen LogP contribution in [0.2, 0.25) is 12.1 Å². The molecule has 490 valence electrons. The molecule has 0 radical (unpaired) electrons. The van der Waals surface area contributed by atoms with Gasteiger partial charge in [-0.15, -0.1) is 5.06 Å². The summed E-state index contributed by atoms with van der Waals surface area (Å²) in [7, 11) is -1.56. The first-order chi connectivity index (χ1) is 42.7. The molecule has 89 heavy (non-hydrogen) atoms. The summed E-state index contributed by atoms with van der Waals surface area (Å²) in [4.78, 5) is 58.0. The number of rotatable bonds is 42. The molecule has 0 spiro atoms. The molecule has 24 nitrogen and oxygen atoms in total. The van der Waals surface area contributed by atoms with Crippen molar-refractivity contribution in [2.24, 2.45) is 0 Å². The second kappa shape index (κ2) is 36.7. The van der Waals surface area contributed by atoms with Gasteiger partial charge in [0.15, 0.2) is 5.71 Å². The Balaban J connectivity index is 1.31. The molecule has 6 rings (SSSR count). The van der Waals surface area contributed by atoms with Gasteiger partial charge in [-0.25, -0.2) is 9.37 Å². The molecule has 3 amide bonds. The summed E-state index contributed by atoms with van der Waals surface area (Å²) in [6, 6.07) is 18.3. The number of hydrogen-bond donors (Lipinski definition) is 2. The van der Waals surface area contributed by atoms with E-state index in [-0.39, 0.29) is 90.2 Å². The van der Waals surface area contributed by atoms with Crippen LogP contribution in [0.3, 0.4) is 0 Å². The minimum Gasteiger partial charge on any atom is -0.382 e. The molecule has 1 fully saturated rings. The number of fused-ring (bicyclic) bond motifs is 2. The first kappa shape index (κ1) is 72.9. The van der Waals surface area contributed by atoms with Crippen molar-refractivity contribution in [2.45, 2.75) is 47.7 Å². The molecule has 1 unspecified atom stereocenters. The summed E-state index contributed by atoms with van der Waals surface area (Å²) < 4.78 is 123. The Morgan fingerprint density at radius 3 is 1.89 bits per heavy atom. The maximum Gasteiger partial charge on any atom is 0.335 e. The molecular formula is C60H83N4O20S4Si+. The van der Waals surface area contributed by atoms with Gasteiger partial charge in [0.05, 0.1) is 90.6 Å². The van der Waals surface area contributed by atoms with Crippen LogP contribution in [0.1, 0.15) is 46.3 Å². The van der Waals surface area contributed by atoms with Crippen molar-refractivity contribution in [3.8, 4) is 0 Å². The topological polar surface area (TPSA) is 282 Å². The predicted molar refractivity (Wildman–Crippen MR) is 340 cm³/mol. The van der Waals surface area contributed by atoms with Crippen molar-refractivity contribution in [3.05, 3.63) is 112 Å². The molecule has 1 saturated heterocycles. The van der Waals surface area contributed by atoms with Gasteiger partial charge in [0.2, 0.25) is 0 Å². The molecule has 1 atom stereocenters. The highest BCUT2D eigenvalue weighted by atomic mass is 32.2. The molecule has 3 aliphatic rings. The van der Waals surface area contributed by atoms with Crippen LogP contribution < -0.4 is 10.1 Å². The lowest BCUT2D eigenvalue weighted by atomic mass is 9.87. The van der Waals surface area contributed by atoms with E-state index in [1.807, 2.05) is 63.8 Å². The van der Waals surface area contributed by atoms with Gasteiger partial charge in [-0.2, -0.15) is 40.4 Å². The largest absolute Gasteiger partial charge is 0.382 e. The van der Waals surface area contributed by atoms with Crippen molar-refractivity contribution in [2.75, 3.05) is 170 Å². The first-order valence-corrected chi connectivity index (χ1v) is 36.5. The Morgan fingerprint density at radius 2 is 1.26 bits per heavy atom. The van der Waals surface area contributed by atoms with Crippen LogP contribution in [0.4, 0.5) is 5.69 Å². The van der Waals surface area contributed by atoms with E-state index < -0.39 is 68.3 Å². The molecule has 0 bridgehead atoms. The number of imide groups is 1. The second-order valence-electron chi connectivity index (χ2n) is 20.9. The number of nitrogens with zero attached hydrogens (tertiary/aromatic N) is 4. The summed E-state index contributed by atoms with van der Waals surface area (Å²) >= 11 is 3.67. The molecule has 2 aliphatic heterocycles. The van der Waals surface area contributed by atoms with Crippen molar-refractivity contribution < 1.29 is 97.2 Å². The highest BCUT2D eigenvalue weighted by Gasteiger charge is 2.47. The van der Waals surface area contributed by atoms with Crippen molar-refractivity contribution in [1.82, 2.24) is 9.96 Å². The lowest BCUT2D eigenvalue weighted by Crippen LogP contribution is -2.55. The third-order valence-electron chi connectivity index (χ3n) is 14.5. The number of hydroxylamine groups is 2. The van der Waals surface area contributed by atoms with Crippen molar-refractivity contribution in [1.29, 1.82) is 0 Å². The zero-order valence-corrected chi connectivity index (χ0v) is 55.6. The third-order valence-corrected chi connectivity index (χ3v) is 24.0. The van der Waals surface area contributed by atoms with E-state index in [4.69, 9.17) is 47.5 Å². The number of ether oxygens (including phenoxy) is 9. The highest BCUT2D eigenvalue weighted by Crippen LogP contribution is 2.46. The SMILES string of the molecule is COCCOCCSCC[Si]1(CCSCCOCOCOCCOC)C2=CC(=[N+](C)C)C=CC2=C(c2ccccc2C(=O)N(CCOCCOCCOCCC(=O)ON2C(=O)CCC2=O)Cc2ccc(S(=O)(=O)O)cc2S(=O)(=O)O)c2ccc(N(C)C)cc21. The standard InChI is InChI=1S/C60H82N4O20S4Si/c1-61(2)46-12-15-51-54(39-46)89(37-35-85-33-31-80-25-23-75-5,38-36-86-34-32-82-44-83-43-81-26-24-76-6)55-40-47(62(3)4)13-16-52(55)59(51)49-9-7-8-10-50(49)60(68)63(42-45-11-14-48(87(69,70)71)41-53(45)88(72,73)74)20-22-78-28-30-79-29-27-77-21-19-58(67)84-64-56(65)17-18-57(64)66/h7-16,39-41H,17-38,42-44H2,1-6H3,(H-,69,70,71,72,73,74)/p+1. The fourth-order valence-electron chi connectivity index (χ4n) is 9.94. The quantitative estimate of drug-likeness (QED) is 0.0191. The Labute approximate surface area is 531 Å². The third kappa shape index (κ3) is 21.7. The van der Waals surface area contributed by atoms with Gasteiger partial charge in [-0.3, -0.25) is 23.5 Å². The minimum absolute atomic E-state index is 0.0207. The molecular weight excluding hydrogens is 1250 g/mol. The van der Waals surface area contributed by atoms with Gasteiger partial charge < -0.3 is 57.3 Å². The minimum atomic E-state index is -5.13. The molecule has 2 heterocycles. The number of amides is 3. The monoisotopic (exact) mass is 1340 g/mol. The van der Waals surface area contributed by atoms with Gasteiger partial charge in [0.25, 0.3) is 38.0 Å². The van der Waals surface area contributed by atoms with Crippen molar-refractivity contribution >= 4 is 97.7 Å². The second-order valence-corrected chi connectivity index (χ2v) is 30.4. The lowest BCUT2D eigenvalue weighted by molar-refractivity contribution is -0.462. The van der Waals surface area contributed by atoms with E-state index in [0.29, 0.717) is 56.3 Å². The highest BCUT2D eigenvalue weighted by molar-refractivity contribution is 7.99. The number of anilines is 1.